The Bertz CT molecular complexity index is 2370. The SMILES string of the molecule is CC(C)(C)c1ccc(-n2c(-c3cccc(-c4cc(C(C)(C)C)cc5cc(C(C)(C)C)cnc45)c3)nc3c(-c4cnccc4O)cccc32)cc1. The first-order chi connectivity index (χ1) is 23.6. The zero-order valence-corrected chi connectivity index (χ0v) is 30.6. The topological polar surface area (TPSA) is 63.8 Å². The number of benzene rings is 4. The van der Waals surface area contributed by atoms with Crippen molar-refractivity contribution in [2.45, 2.75) is 78.6 Å². The molecule has 1 N–H and O–H groups in total. The summed E-state index contributed by atoms with van der Waals surface area (Å²) in [4.78, 5) is 14.7. The average Bonchev–Trinajstić information content (AvgIpc) is 3.47. The number of nitrogens with zero attached hydrogens (tertiary/aromatic N) is 4. The van der Waals surface area contributed by atoms with Crippen LogP contribution in [0, 0.1) is 0 Å². The molecule has 0 spiro atoms. The summed E-state index contributed by atoms with van der Waals surface area (Å²) < 4.78 is 2.23. The molecule has 0 saturated heterocycles. The fourth-order valence-corrected chi connectivity index (χ4v) is 6.62. The zero-order valence-electron chi connectivity index (χ0n) is 30.6. The van der Waals surface area contributed by atoms with E-state index in [-0.39, 0.29) is 22.0 Å². The van der Waals surface area contributed by atoms with Crippen molar-refractivity contribution in [2.75, 3.05) is 0 Å². The van der Waals surface area contributed by atoms with Gasteiger partial charge in [-0.05, 0) is 87.0 Å². The number of aromatic hydroxyl groups is 1. The summed E-state index contributed by atoms with van der Waals surface area (Å²) in [6.45, 7) is 20.2. The van der Waals surface area contributed by atoms with Crippen LogP contribution in [0.3, 0.4) is 0 Å². The second-order valence-corrected chi connectivity index (χ2v) is 16.5. The van der Waals surface area contributed by atoms with Crippen LogP contribution in [-0.2, 0) is 16.2 Å². The molecule has 3 aromatic heterocycles. The maximum atomic E-state index is 10.8. The lowest BCUT2D eigenvalue weighted by atomic mass is 9.82. The molecule has 0 aliphatic rings. The highest BCUT2D eigenvalue weighted by Gasteiger charge is 2.23. The van der Waals surface area contributed by atoms with Gasteiger partial charge in [-0.2, -0.15) is 0 Å². The molecule has 0 saturated carbocycles. The smallest absolute Gasteiger partial charge is 0.145 e. The van der Waals surface area contributed by atoms with E-state index < -0.39 is 0 Å². The van der Waals surface area contributed by atoms with E-state index in [1.165, 1.54) is 16.7 Å². The highest BCUT2D eigenvalue weighted by molar-refractivity contribution is 5.98. The van der Waals surface area contributed by atoms with E-state index in [1.54, 1.807) is 18.5 Å². The van der Waals surface area contributed by atoms with Crippen molar-refractivity contribution < 1.29 is 5.11 Å². The van der Waals surface area contributed by atoms with Crippen LogP contribution in [-0.4, -0.2) is 24.6 Å². The molecule has 0 aliphatic carbocycles. The van der Waals surface area contributed by atoms with Gasteiger partial charge in [-0.1, -0.05) is 105 Å². The molecule has 0 amide bonds. The molecule has 4 aromatic carbocycles. The summed E-state index contributed by atoms with van der Waals surface area (Å²) >= 11 is 0. The Morgan fingerprint density at radius 2 is 1.22 bits per heavy atom. The van der Waals surface area contributed by atoms with Crippen LogP contribution < -0.4 is 0 Å². The molecule has 7 rings (SSSR count). The van der Waals surface area contributed by atoms with E-state index in [0.717, 1.165) is 55.7 Å². The van der Waals surface area contributed by atoms with Crippen molar-refractivity contribution >= 4 is 21.9 Å². The number of pyridine rings is 2. The molecule has 0 aliphatic heterocycles. The highest BCUT2D eigenvalue weighted by Crippen LogP contribution is 2.40. The third-order valence-electron chi connectivity index (χ3n) is 9.71. The first-order valence-corrected chi connectivity index (χ1v) is 17.4. The van der Waals surface area contributed by atoms with Crippen LogP contribution in [0.4, 0.5) is 0 Å². The van der Waals surface area contributed by atoms with Gasteiger partial charge in [0.05, 0.1) is 16.6 Å². The fraction of sp³-hybridized carbons (Fsp3) is 0.267. The first kappa shape index (κ1) is 33.2. The van der Waals surface area contributed by atoms with Crippen LogP contribution in [0.2, 0.25) is 0 Å². The van der Waals surface area contributed by atoms with Crippen LogP contribution in [0.25, 0.3) is 61.3 Å². The minimum atomic E-state index is -0.0419. The summed E-state index contributed by atoms with van der Waals surface area (Å²) in [7, 11) is 0. The summed E-state index contributed by atoms with van der Waals surface area (Å²) in [5.41, 5.74) is 12.2. The molecule has 0 radical (unpaired) electrons. The monoisotopic (exact) mass is 658 g/mol. The lowest BCUT2D eigenvalue weighted by Gasteiger charge is -2.23. The minimum absolute atomic E-state index is 0.00533. The molecule has 0 fully saturated rings. The molecule has 3 heterocycles. The number of fused-ring (bicyclic) bond motifs is 2. The van der Waals surface area contributed by atoms with Gasteiger partial charge in [-0.15, -0.1) is 0 Å². The fourth-order valence-electron chi connectivity index (χ4n) is 6.62. The molecular formula is C45H46N4O. The van der Waals surface area contributed by atoms with Gasteiger partial charge < -0.3 is 5.11 Å². The van der Waals surface area contributed by atoms with E-state index in [9.17, 15) is 5.11 Å². The molecule has 252 valence electrons. The number of rotatable bonds is 4. The summed E-state index contributed by atoms with van der Waals surface area (Å²) in [5.74, 6) is 0.994. The molecule has 0 bridgehead atoms. The van der Waals surface area contributed by atoms with Gasteiger partial charge in [0.2, 0.25) is 0 Å². The van der Waals surface area contributed by atoms with Crippen molar-refractivity contribution in [2.24, 2.45) is 0 Å². The second-order valence-electron chi connectivity index (χ2n) is 16.5. The minimum Gasteiger partial charge on any atom is -0.507 e. The maximum Gasteiger partial charge on any atom is 0.145 e. The van der Waals surface area contributed by atoms with E-state index in [1.807, 2.05) is 18.3 Å². The maximum absolute atomic E-state index is 10.8. The van der Waals surface area contributed by atoms with Gasteiger partial charge in [0.15, 0.2) is 0 Å². The Hall–Kier alpha value is -5.29. The Balaban J connectivity index is 1.48. The number of hydrogen-bond acceptors (Lipinski definition) is 4. The first-order valence-electron chi connectivity index (χ1n) is 17.4. The predicted octanol–water partition coefficient (Wildman–Crippen LogP) is 11.6. The van der Waals surface area contributed by atoms with Crippen LogP contribution in [0.1, 0.15) is 79.0 Å². The summed E-state index contributed by atoms with van der Waals surface area (Å²) in [6, 6.07) is 32.1. The highest BCUT2D eigenvalue weighted by atomic mass is 16.3. The standard InChI is InChI=1S/C45H46N4O/c1-43(2,3)31-16-18-34(19-17-31)49-38-15-11-14-35(37-27-46-21-20-39(37)50)41(38)48-42(49)29-13-10-12-28(22-29)36-25-32(44(4,5)6)23-30-24-33(45(7,8)9)26-47-40(30)36/h10-27H,1-9H3,(H,46,50). The predicted molar refractivity (Wildman–Crippen MR) is 208 cm³/mol. The summed E-state index contributed by atoms with van der Waals surface area (Å²) in [5, 5.41) is 12.0. The van der Waals surface area contributed by atoms with Crippen molar-refractivity contribution in [1.29, 1.82) is 0 Å². The quantitative estimate of drug-likeness (QED) is 0.204. The van der Waals surface area contributed by atoms with Crippen molar-refractivity contribution in [3.63, 3.8) is 0 Å². The molecule has 50 heavy (non-hydrogen) atoms. The van der Waals surface area contributed by atoms with Crippen LogP contribution >= 0.6 is 0 Å². The number of para-hydroxylation sites is 1. The van der Waals surface area contributed by atoms with Gasteiger partial charge in [0.25, 0.3) is 0 Å². The van der Waals surface area contributed by atoms with Gasteiger partial charge in [-0.3, -0.25) is 14.5 Å². The molecule has 0 unspecified atom stereocenters. The number of imidazole rings is 1. The van der Waals surface area contributed by atoms with Gasteiger partial charge in [-0.25, -0.2) is 4.98 Å². The Morgan fingerprint density at radius 1 is 0.560 bits per heavy atom. The average molecular weight is 659 g/mol. The molecule has 5 heteroatoms. The van der Waals surface area contributed by atoms with Crippen molar-refractivity contribution in [3.8, 4) is 45.1 Å². The van der Waals surface area contributed by atoms with Gasteiger partial charge in [0, 0.05) is 51.9 Å². The largest absolute Gasteiger partial charge is 0.507 e. The Kier molecular flexibility index (Phi) is 7.93. The number of hydrogen-bond donors (Lipinski definition) is 1. The Morgan fingerprint density at radius 3 is 1.90 bits per heavy atom. The van der Waals surface area contributed by atoms with Gasteiger partial charge in [0.1, 0.15) is 11.6 Å². The molecular weight excluding hydrogens is 613 g/mol. The van der Waals surface area contributed by atoms with Crippen LogP contribution in [0.5, 0.6) is 5.75 Å². The van der Waals surface area contributed by atoms with E-state index >= 15 is 0 Å². The zero-order chi connectivity index (χ0) is 35.6. The van der Waals surface area contributed by atoms with E-state index in [4.69, 9.17) is 9.97 Å². The van der Waals surface area contributed by atoms with Crippen molar-refractivity contribution in [1.82, 2.24) is 19.5 Å². The Labute approximate surface area is 295 Å². The van der Waals surface area contributed by atoms with Gasteiger partial charge >= 0.3 is 0 Å². The summed E-state index contributed by atoms with van der Waals surface area (Å²) in [6.07, 6.45) is 5.33. The van der Waals surface area contributed by atoms with Crippen LogP contribution in [0.15, 0.2) is 110 Å². The third kappa shape index (κ3) is 6.06. The molecule has 5 nitrogen and oxygen atoms in total. The third-order valence-corrected chi connectivity index (χ3v) is 9.71. The second kappa shape index (κ2) is 11.9. The molecule has 7 aromatic rings. The van der Waals surface area contributed by atoms with E-state index in [2.05, 4.69) is 145 Å². The molecule has 0 atom stereocenters. The number of aromatic nitrogens is 4. The van der Waals surface area contributed by atoms with Crippen molar-refractivity contribution in [3.05, 3.63) is 126 Å². The lowest BCUT2D eigenvalue weighted by molar-refractivity contribution is 0.476. The lowest BCUT2D eigenvalue weighted by Crippen LogP contribution is -2.13. The van der Waals surface area contributed by atoms with E-state index in [0.29, 0.717) is 5.56 Å². The normalized spacial score (nSPS) is 12.6.